The molecule has 0 saturated carbocycles. The zero-order valence-electron chi connectivity index (χ0n) is 9.69. The van der Waals surface area contributed by atoms with Gasteiger partial charge in [0.2, 0.25) is 0 Å². The summed E-state index contributed by atoms with van der Waals surface area (Å²) in [5.74, 6) is -0.219. The number of carbonyl (C=O) groups excluding carboxylic acids is 1. The van der Waals surface area contributed by atoms with Crippen LogP contribution in [0.15, 0.2) is 29.6 Å². The first kappa shape index (κ1) is 12.3. The summed E-state index contributed by atoms with van der Waals surface area (Å²) < 4.78 is 5.32. The molecular formula is C11H14N4O3. The second-order valence-electron chi connectivity index (χ2n) is 3.85. The lowest BCUT2D eigenvalue weighted by Crippen LogP contribution is -2.50. The maximum Gasteiger partial charge on any atom is 0.272 e. The zero-order valence-corrected chi connectivity index (χ0v) is 9.69. The minimum atomic E-state index is -0.573. The Hall–Kier alpha value is -2.15. The Morgan fingerprint density at radius 3 is 3.11 bits per heavy atom. The number of rotatable bonds is 2. The number of amidine groups is 1. The van der Waals surface area contributed by atoms with E-state index in [0.717, 1.165) is 0 Å². The summed E-state index contributed by atoms with van der Waals surface area (Å²) >= 11 is 0. The van der Waals surface area contributed by atoms with E-state index in [1.807, 2.05) is 0 Å². The summed E-state index contributed by atoms with van der Waals surface area (Å²) in [6.07, 6.45) is 0.991. The van der Waals surface area contributed by atoms with Crippen molar-refractivity contribution in [3.05, 3.63) is 30.1 Å². The summed E-state index contributed by atoms with van der Waals surface area (Å²) in [4.78, 5) is 17.7. The van der Waals surface area contributed by atoms with Crippen molar-refractivity contribution < 1.29 is 14.7 Å². The predicted molar refractivity (Wildman–Crippen MR) is 63.3 cm³/mol. The molecular weight excluding hydrogens is 236 g/mol. The molecule has 0 bridgehead atoms. The van der Waals surface area contributed by atoms with Gasteiger partial charge in [-0.1, -0.05) is 11.2 Å². The third-order valence-electron chi connectivity index (χ3n) is 2.68. The van der Waals surface area contributed by atoms with E-state index in [1.54, 1.807) is 29.3 Å². The van der Waals surface area contributed by atoms with Crippen molar-refractivity contribution in [2.45, 2.75) is 6.10 Å². The topological polar surface area (TPSA) is 101 Å². The van der Waals surface area contributed by atoms with E-state index < -0.39 is 6.10 Å². The van der Waals surface area contributed by atoms with Gasteiger partial charge in [-0.15, -0.1) is 0 Å². The highest BCUT2D eigenvalue weighted by molar-refractivity contribution is 5.93. The monoisotopic (exact) mass is 250 g/mol. The number of morpholine rings is 1. The average Bonchev–Trinajstić information content (AvgIpc) is 2.46. The lowest BCUT2D eigenvalue weighted by molar-refractivity contribution is 0.00648. The molecule has 2 heterocycles. The third kappa shape index (κ3) is 2.57. The molecule has 1 fully saturated rings. The number of hydrogen-bond donors (Lipinski definition) is 2. The number of amides is 1. The lowest BCUT2D eigenvalue weighted by atomic mass is 10.2. The van der Waals surface area contributed by atoms with Gasteiger partial charge in [0.05, 0.1) is 13.2 Å². The number of nitrogens with two attached hydrogens (primary N) is 1. The third-order valence-corrected chi connectivity index (χ3v) is 2.68. The van der Waals surface area contributed by atoms with E-state index in [9.17, 15) is 4.79 Å². The summed E-state index contributed by atoms with van der Waals surface area (Å²) in [7, 11) is 0. The van der Waals surface area contributed by atoms with Gasteiger partial charge in [0.25, 0.3) is 5.91 Å². The van der Waals surface area contributed by atoms with Crippen molar-refractivity contribution in [3.8, 4) is 0 Å². The van der Waals surface area contributed by atoms with Crippen LogP contribution in [0.2, 0.25) is 0 Å². The van der Waals surface area contributed by atoms with E-state index in [-0.39, 0.29) is 18.3 Å². The Labute approximate surface area is 104 Å². The van der Waals surface area contributed by atoms with Crippen LogP contribution in [0, 0.1) is 0 Å². The van der Waals surface area contributed by atoms with Gasteiger partial charge >= 0.3 is 0 Å². The van der Waals surface area contributed by atoms with Crippen molar-refractivity contribution in [3.63, 3.8) is 0 Å². The zero-order chi connectivity index (χ0) is 13.0. The number of aromatic nitrogens is 1. The molecule has 0 spiro atoms. The summed E-state index contributed by atoms with van der Waals surface area (Å²) in [6.45, 7) is 1.06. The molecule has 7 nitrogen and oxygen atoms in total. The number of hydrogen-bond acceptors (Lipinski definition) is 5. The van der Waals surface area contributed by atoms with E-state index >= 15 is 0 Å². The molecule has 7 heteroatoms. The van der Waals surface area contributed by atoms with Gasteiger partial charge in [0.1, 0.15) is 11.8 Å². The fourth-order valence-corrected chi connectivity index (χ4v) is 1.73. The SMILES string of the molecule is NC(=NO)C1CN(C(=O)c2ccccn2)CCO1. The molecule has 18 heavy (non-hydrogen) atoms. The molecule has 2 rings (SSSR count). The molecule has 96 valence electrons. The Balaban J connectivity index is 2.08. The second-order valence-corrected chi connectivity index (χ2v) is 3.85. The Bertz CT molecular complexity index is 449. The molecule has 1 amide bonds. The molecule has 1 aliphatic rings. The number of carbonyl (C=O) groups is 1. The van der Waals surface area contributed by atoms with E-state index in [0.29, 0.717) is 18.8 Å². The number of oxime groups is 1. The molecule has 1 atom stereocenters. The van der Waals surface area contributed by atoms with Gasteiger partial charge in [-0.2, -0.15) is 0 Å². The number of pyridine rings is 1. The second kappa shape index (κ2) is 5.46. The van der Waals surface area contributed by atoms with Crippen LogP contribution >= 0.6 is 0 Å². The van der Waals surface area contributed by atoms with Gasteiger partial charge in [-0.25, -0.2) is 0 Å². The van der Waals surface area contributed by atoms with Crippen molar-refractivity contribution in [1.29, 1.82) is 0 Å². The molecule has 1 aromatic heterocycles. The minimum absolute atomic E-state index is 0.0338. The first-order chi connectivity index (χ1) is 8.72. The standard InChI is InChI=1S/C11H14N4O3/c12-10(14-17)9-7-15(5-6-18-9)11(16)8-3-1-2-4-13-8/h1-4,9,17H,5-7H2,(H2,12,14). The van der Waals surface area contributed by atoms with Gasteiger partial charge in [-0.3, -0.25) is 9.78 Å². The highest BCUT2D eigenvalue weighted by atomic mass is 16.5. The Morgan fingerprint density at radius 2 is 2.44 bits per heavy atom. The van der Waals surface area contributed by atoms with Gasteiger partial charge in [0, 0.05) is 12.7 Å². The van der Waals surface area contributed by atoms with Gasteiger partial charge < -0.3 is 20.6 Å². The molecule has 3 N–H and O–H groups in total. The van der Waals surface area contributed by atoms with Gasteiger partial charge in [0.15, 0.2) is 5.84 Å². The van der Waals surface area contributed by atoms with Crippen molar-refractivity contribution in [2.75, 3.05) is 19.7 Å². The van der Waals surface area contributed by atoms with Crippen LogP contribution in [0.25, 0.3) is 0 Å². The summed E-state index contributed by atoms with van der Waals surface area (Å²) in [6, 6.07) is 5.15. The van der Waals surface area contributed by atoms with Gasteiger partial charge in [-0.05, 0) is 12.1 Å². The Kier molecular flexibility index (Phi) is 3.73. The maximum absolute atomic E-state index is 12.1. The van der Waals surface area contributed by atoms with E-state index in [1.165, 1.54) is 0 Å². The fourth-order valence-electron chi connectivity index (χ4n) is 1.73. The fraction of sp³-hybridized carbons (Fsp3) is 0.364. The molecule has 1 aromatic rings. The van der Waals surface area contributed by atoms with Crippen molar-refractivity contribution >= 4 is 11.7 Å². The number of nitrogens with zero attached hydrogens (tertiary/aromatic N) is 3. The molecule has 1 saturated heterocycles. The summed E-state index contributed by atoms with van der Waals surface area (Å²) in [5.41, 5.74) is 5.84. The molecule has 1 aliphatic heterocycles. The average molecular weight is 250 g/mol. The normalized spacial score (nSPS) is 20.8. The first-order valence-corrected chi connectivity index (χ1v) is 5.51. The van der Waals surface area contributed by atoms with Crippen LogP contribution in [-0.4, -0.2) is 52.6 Å². The van der Waals surface area contributed by atoms with Crippen LogP contribution in [0.5, 0.6) is 0 Å². The smallest absolute Gasteiger partial charge is 0.272 e. The molecule has 0 aliphatic carbocycles. The molecule has 0 aromatic carbocycles. The lowest BCUT2D eigenvalue weighted by Gasteiger charge is -2.31. The quantitative estimate of drug-likeness (QED) is 0.324. The van der Waals surface area contributed by atoms with E-state index in [4.69, 9.17) is 15.7 Å². The highest BCUT2D eigenvalue weighted by Gasteiger charge is 2.27. The predicted octanol–water partition coefficient (Wildman–Crippen LogP) is -0.331. The summed E-state index contributed by atoms with van der Waals surface area (Å²) in [5, 5.41) is 11.5. The van der Waals surface area contributed by atoms with Crippen molar-refractivity contribution in [1.82, 2.24) is 9.88 Å². The highest BCUT2D eigenvalue weighted by Crippen LogP contribution is 2.09. The van der Waals surface area contributed by atoms with Crippen LogP contribution in [0.3, 0.4) is 0 Å². The van der Waals surface area contributed by atoms with Crippen LogP contribution < -0.4 is 5.73 Å². The van der Waals surface area contributed by atoms with Crippen molar-refractivity contribution in [2.24, 2.45) is 10.9 Å². The van der Waals surface area contributed by atoms with Crippen LogP contribution in [-0.2, 0) is 4.74 Å². The number of ether oxygens (including phenoxy) is 1. The first-order valence-electron chi connectivity index (χ1n) is 5.51. The van der Waals surface area contributed by atoms with Crippen LogP contribution in [0.1, 0.15) is 10.5 Å². The Morgan fingerprint density at radius 1 is 1.61 bits per heavy atom. The minimum Gasteiger partial charge on any atom is -0.409 e. The molecule has 0 radical (unpaired) electrons. The van der Waals surface area contributed by atoms with E-state index in [2.05, 4.69) is 10.1 Å². The largest absolute Gasteiger partial charge is 0.409 e. The maximum atomic E-state index is 12.1. The molecule has 1 unspecified atom stereocenters. The van der Waals surface area contributed by atoms with Crippen LogP contribution in [0.4, 0.5) is 0 Å².